The third-order valence-electron chi connectivity index (χ3n) is 5.08. The van der Waals surface area contributed by atoms with E-state index in [1.54, 1.807) is 9.80 Å². The van der Waals surface area contributed by atoms with Crippen molar-refractivity contribution in [1.82, 2.24) is 14.7 Å². The van der Waals surface area contributed by atoms with Gasteiger partial charge in [-0.3, -0.25) is 14.4 Å². The van der Waals surface area contributed by atoms with E-state index < -0.39 is 11.1 Å². The molecule has 0 aromatic carbocycles. The Kier molecular flexibility index (Phi) is 9.24. The van der Waals surface area contributed by atoms with E-state index in [0.717, 1.165) is 0 Å². The molecule has 0 heterocycles. The van der Waals surface area contributed by atoms with E-state index in [-0.39, 0.29) is 47.3 Å². The molecule has 0 aliphatic rings. The van der Waals surface area contributed by atoms with Crippen LogP contribution in [0.4, 0.5) is 0 Å². The highest BCUT2D eigenvalue weighted by Gasteiger charge is 2.40. The van der Waals surface area contributed by atoms with Crippen LogP contribution in [0.15, 0.2) is 0 Å². The van der Waals surface area contributed by atoms with Crippen molar-refractivity contribution in [1.29, 1.82) is 0 Å². The van der Waals surface area contributed by atoms with Gasteiger partial charge >= 0.3 is 0 Å². The second kappa shape index (κ2) is 9.72. The zero-order chi connectivity index (χ0) is 26.1. The first kappa shape index (κ1) is 30.4. The Hall–Kier alpha value is -1.59. The SMILES string of the molecule is CC(C)(C)CC(=O)N(CC(=O)N(CC(=O)N(C(C)(C)C)C(C)(C)C)C(C)(C)C)C(C)(C)C. The van der Waals surface area contributed by atoms with Gasteiger partial charge < -0.3 is 14.7 Å². The lowest BCUT2D eigenvalue weighted by molar-refractivity contribution is -0.154. The minimum atomic E-state index is -0.565. The average molecular weight is 454 g/mol. The van der Waals surface area contributed by atoms with Gasteiger partial charge in [-0.15, -0.1) is 0 Å². The Balaban J connectivity index is 5.99. The van der Waals surface area contributed by atoms with Crippen molar-refractivity contribution in [3.63, 3.8) is 0 Å². The number of nitrogens with zero attached hydrogens (tertiary/aromatic N) is 3. The first-order chi connectivity index (χ1) is 13.8. The molecule has 3 amide bonds. The molecule has 0 saturated carbocycles. The summed E-state index contributed by atoms with van der Waals surface area (Å²) in [5.74, 6) is -0.369. The maximum absolute atomic E-state index is 13.5. The van der Waals surface area contributed by atoms with Gasteiger partial charge in [-0.25, -0.2) is 0 Å². The highest BCUT2D eigenvalue weighted by molar-refractivity contribution is 5.89. The van der Waals surface area contributed by atoms with Crippen LogP contribution in [0.25, 0.3) is 0 Å². The second-order valence-corrected chi connectivity index (χ2v) is 14.1. The van der Waals surface area contributed by atoms with Crippen LogP contribution >= 0.6 is 0 Å². The van der Waals surface area contributed by atoms with E-state index >= 15 is 0 Å². The van der Waals surface area contributed by atoms with Crippen LogP contribution in [-0.4, -0.2) is 67.7 Å². The third-order valence-corrected chi connectivity index (χ3v) is 5.08. The number of hydrogen-bond donors (Lipinski definition) is 0. The largest absolute Gasteiger partial charge is 0.331 e. The van der Waals surface area contributed by atoms with Gasteiger partial charge in [0.05, 0.1) is 0 Å². The number of amides is 3. The zero-order valence-corrected chi connectivity index (χ0v) is 23.7. The molecule has 6 heteroatoms. The van der Waals surface area contributed by atoms with Crippen molar-refractivity contribution in [3.8, 4) is 0 Å². The summed E-state index contributed by atoms with van der Waals surface area (Å²) in [6.07, 6.45) is 0.355. The summed E-state index contributed by atoms with van der Waals surface area (Å²) in [6.45, 7) is 29.6. The first-order valence-electron chi connectivity index (χ1n) is 11.7. The molecule has 188 valence electrons. The van der Waals surface area contributed by atoms with Crippen molar-refractivity contribution < 1.29 is 14.4 Å². The Labute approximate surface area is 198 Å². The van der Waals surface area contributed by atoms with Gasteiger partial charge in [0.1, 0.15) is 13.1 Å². The predicted octanol–water partition coefficient (Wildman–Crippen LogP) is 5.10. The van der Waals surface area contributed by atoms with Crippen molar-refractivity contribution >= 4 is 17.7 Å². The van der Waals surface area contributed by atoms with E-state index in [9.17, 15) is 14.4 Å². The summed E-state index contributed by atoms with van der Waals surface area (Å²) in [5.41, 5.74) is -2.02. The van der Waals surface area contributed by atoms with Gasteiger partial charge in [0.25, 0.3) is 0 Å². The lowest BCUT2D eigenvalue weighted by atomic mass is 9.90. The Morgan fingerprint density at radius 2 is 0.781 bits per heavy atom. The van der Waals surface area contributed by atoms with E-state index in [4.69, 9.17) is 0 Å². The Morgan fingerprint density at radius 1 is 0.469 bits per heavy atom. The predicted molar refractivity (Wildman–Crippen MR) is 133 cm³/mol. The number of carbonyl (C=O) groups excluding carboxylic acids is 3. The minimum absolute atomic E-state index is 0.0255. The minimum Gasteiger partial charge on any atom is -0.331 e. The van der Waals surface area contributed by atoms with Crippen molar-refractivity contribution in [2.45, 2.75) is 132 Å². The molecule has 0 aliphatic heterocycles. The van der Waals surface area contributed by atoms with Gasteiger partial charge in [0.15, 0.2) is 0 Å². The second-order valence-electron chi connectivity index (χ2n) is 14.1. The molecular weight excluding hydrogens is 402 g/mol. The highest BCUT2D eigenvalue weighted by atomic mass is 16.2. The molecule has 0 fully saturated rings. The van der Waals surface area contributed by atoms with Gasteiger partial charge in [-0.05, 0) is 88.5 Å². The molecule has 0 saturated heterocycles. The number of carbonyl (C=O) groups is 3. The molecular formula is C26H51N3O3. The van der Waals surface area contributed by atoms with E-state index in [2.05, 4.69) is 0 Å². The van der Waals surface area contributed by atoms with E-state index in [1.807, 2.05) is 109 Å². The lowest BCUT2D eigenvalue weighted by Gasteiger charge is -2.47. The molecule has 0 aromatic rings. The molecule has 0 N–H and O–H groups in total. The average Bonchev–Trinajstić information content (AvgIpc) is 2.42. The summed E-state index contributed by atoms with van der Waals surface area (Å²) < 4.78 is 0. The third kappa shape index (κ3) is 9.50. The maximum atomic E-state index is 13.5. The molecule has 0 spiro atoms. The smallest absolute Gasteiger partial charge is 0.243 e. The Bertz CT molecular complexity index is 664. The van der Waals surface area contributed by atoms with Crippen molar-refractivity contribution in [2.24, 2.45) is 5.41 Å². The van der Waals surface area contributed by atoms with Crippen LogP contribution < -0.4 is 0 Å². The summed E-state index contributed by atoms with van der Waals surface area (Å²) >= 11 is 0. The molecule has 0 bridgehead atoms. The standard InChI is InChI=1S/C26H51N3O3/c1-22(2,3)16-19(30)27(23(4,5)6)17-20(31)28(24(7,8)9)18-21(32)29(25(10,11)12)26(13,14)15/h16-18H2,1-15H3. The van der Waals surface area contributed by atoms with Gasteiger partial charge in [-0.2, -0.15) is 0 Å². The van der Waals surface area contributed by atoms with Crippen molar-refractivity contribution in [2.75, 3.05) is 13.1 Å². The molecule has 6 nitrogen and oxygen atoms in total. The first-order valence-corrected chi connectivity index (χ1v) is 11.7. The van der Waals surface area contributed by atoms with Crippen LogP contribution in [0.3, 0.4) is 0 Å². The number of rotatable bonds is 5. The highest BCUT2D eigenvalue weighted by Crippen LogP contribution is 2.27. The maximum Gasteiger partial charge on any atom is 0.243 e. The zero-order valence-electron chi connectivity index (χ0n) is 23.7. The molecule has 0 aliphatic carbocycles. The number of hydrogen-bond acceptors (Lipinski definition) is 3. The Morgan fingerprint density at radius 3 is 1.06 bits per heavy atom. The van der Waals surface area contributed by atoms with Crippen LogP contribution in [-0.2, 0) is 14.4 Å². The summed E-state index contributed by atoms with van der Waals surface area (Å²) in [7, 11) is 0. The lowest BCUT2D eigenvalue weighted by Crippen LogP contribution is -2.61. The van der Waals surface area contributed by atoms with E-state index in [1.165, 1.54) is 0 Å². The van der Waals surface area contributed by atoms with Crippen LogP contribution in [0, 0.1) is 5.41 Å². The molecule has 0 unspecified atom stereocenters. The summed E-state index contributed by atoms with van der Waals surface area (Å²) in [5, 5.41) is 0. The van der Waals surface area contributed by atoms with Crippen LogP contribution in [0.1, 0.15) is 110 Å². The van der Waals surface area contributed by atoms with Gasteiger partial charge in [-0.1, -0.05) is 20.8 Å². The van der Waals surface area contributed by atoms with E-state index in [0.29, 0.717) is 6.42 Å². The quantitative estimate of drug-likeness (QED) is 0.582. The van der Waals surface area contributed by atoms with Crippen molar-refractivity contribution in [3.05, 3.63) is 0 Å². The summed E-state index contributed by atoms with van der Waals surface area (Å²) in [6, 6.07) is 0. The molecule has 0 atom stereocenters. The fourth-order valence-corrected chi connectivity index (χ4v) is 4.13. The van der Waals surface area contributed by atoms with Crippen LogP contribution in [0.2, 0.25) is 0 Å². The molecule has 32 heavy (non-hydrogen) atoms. The summed E-state index contributed by atoms with van der Waals surface area (Å²) in [4.78, 5) is 45.2. The van der Waals surface area contributed by atoms with Gasteiger partial charge in [0.2, 0.25) is 17.7 Å². The van der Waals surface area contributed by atoms with Crippen LogP contribution in [0.5, 0.6) is 0 Å². The fourth-order valence-electron chi connectivity index (χ4n) is 4.13. The monoisotopic (exact) mass is 453 g/mol. The molecule has 0 radical (unpaired) electrons. The molecule has 0 aromatic heterocycles. The fraction of sp³-hybridized carbons (Fsp3) is 0.885. The van der Waals surface area contributed by atoms with Gasteiger partial charge in [0, 0.05) is 28.6 Å². The topological polar surface area (TPSA) is 60.9 Å². The normalized spacial score (nSPS) is 13.6. The molecule has 0 rings (SSSR count).